The Kier molecular flexibility index (Phi) is 6.11. The zero-order valence-corrected chi connectivity index (χ0v) is 20.5. The molecule has 3 aromatic heterocycles. The van der Waals surface area contributed by atoms with Crippen molar-refractivity contribution >= 4 is 28.6 Å². The first-order chi connectivity index (χ1) is 17.7. The predicted octanol–water partition coefficient (Wildman–Crippen LogP) is 4.79. The van der Waals surface area contributed by atoms with Gasteiger partial charge in [-0.2, -0.15) is 0 Å². The standard InChI is InChI=1S/C28H26ClN7/c29-21-4-1-3-20(17-21)24-10-11-25-28(33-24)36(27(34-25)23-5-2-12-32-26(23)30)22-8-6-19(7-9-22)18-35-15-13-31-14-16-35/h1-12,17,31H,13-16,18H2,(H2,30,32). The van der Waals surface area contributed by atoms with Crippen molar-refractivity contribution in [1.29, 1.82) is 0 Å². The Labute approximate surface area is 214 Å². The summed E-state index contributed by atoms with van der Waals surface area (Å²) < 4.78 is 2.06. The van der Waals surface area contributed by atoms with E-state index in [2.05, 4.69) is 44.0 Å². The topological polar surface area (TPSA) is 84.9 Å². The third kappa shape index (κ3) is 4.44. The van der Waals surface area contributed by atoms with Crippen LogP contribution in [0, 0.1) is 0 Å². The minimum Gasteiger partial charge on any atom is -0.383 e. The summed E-state index contributed by atoms with van der Waals surface area (Å²) in [5, 5.41) is 4.08. The molecule has 3 N–H and O–H groups in total. The second-order valence-electron chi connectivity index (χ2n) is 8.95. The molecular weight excluding hydrogens is 470 g/mol. The summed E-state index contributed by atoms with van der Waals surface area (Å²) in [5.74, 6) is 1.14. The van der Waals surface area contributed by atoms with Gasteiger partial charge in [-0.25, -0.2) is 15.0 Å². The zero-order chi connectivity index (χ0) is 24.5. The first-order valence-electron chi connectivity index (χ1n) is 12.0. The van der Waals surface area contributed by atoms with Gasteiger partial charge < -0.3 is 11.1 Å². The number of fused-ring (bicyclic) bond motifs is 1. The van der Waals surface area contributed by atoms with Crippen LogP contribution >= 0.6 is 11.6 Å². The number of pyridine rings is 2. The Morgan fingerprint density at radius 2 is 1.75 bits per heavy atom. The SMILES string of the molecule is Nc1ncccc1-c1nc2ccc(-c3cccc(Cl)c3)nc2n1-c1ccc(CN2CCNCC2)cc1. The van der Waals surface area contributed by atoms with Crippen LogP contribution in [0.15, 0.2) is 79.0 Å². The van der Waals surface area contributed by atoms with E-state index in [9.17, 15) is 0 Å². The van der Waals surface area contributed by atoms with Crippen LogP contribution in [-0.4, -0.2) is 50.6 Å². The average Bonchev–Trinajstić information content (AvgIpc) is 3.28. The fourth-order valence-corrected chi connectivity index (χ4v) is 4.87. The first-order valence-corrected chi connectivity index (χ1v) is 12.4. The molecule has 4 heterocycles. The quantitative estimate of drug-likeness (QED) is 0.364. The number of piperazine rings is 1. The number of imidazole rings is 1. The van der Waals surface area contributed by atoms with E-state index < -0.39 is 0 Å². The smallest absolute Gasteiger partial charge is 0.165 e. The number of anilines is 1. The minimum absolute atomic E-state index is 0.430. The van der Waals surface area contributed by atoms with E-state index in [1.54, 1.807) is 6.20 Å². The maximum atomic E-state index is 6.28. The number of nitrogen functional groups attached to an aromatic ring is 1. The number of aromatic nitrogens is 4. The number of hydrogen-bond acceptors (Lipinski definition) is 6. The number of benzene rings is 2. The van der Waals surface area contributed by atoms with Crippen molar-refractivity contribution in [3.63, 3.8) is 0 Å². The van der Waals surface area contributed by atoms with E-state index >= 15 is 0 Å². The fraction of sp³-hybridized carbons (Fsp3) is 0.179. The van der Waals surface area contributed by atoms with Crippen molar-refractivity contribution in [3.05, 3.63) is 89.6 Å². The Bertz CT molecular complexity index is 1520. The van der Waals surface area contributed by atoms with Crippen LogP contribution in [0.3, 0.4) is 0 Å². The van der Waals surface area contributed by atoms with E-state index in [1.165, 1.54) is 5.56 Å². The molecule has 0 unspecified atom stereocenters. The maximum absolute atomic E-state index is 6.28. The third-order valence-electron chi connectivity index (χ3n) is 6.51. The van der Waals surface area contributed by atoms with Gasteiger partial charge in [0.1, 0.15) is 11.3 Å². The molecule has 0 saturated carbocycles. The number of nitrogens with zero attached hydrogens (tertiary/aromatic N) is 5. The van der Waals surface area contributed by atoms with Gasteiger partial charge in [-0.1, -0.05) is 35.9 Å². The van der Waals surface area contributed by atoms with Crippen LogP contribution in [0.2, 0.25) is 5.02 Å². The monoisotopic (exact) mass is 495 g/mol. The molecule has 1 aliphatic rings. The molecule has 0 aliphatic carbocycles. The van der Waals surface area contributed by atoms with Gasteiger partial charge in [-0.05, 0) is 54.1 Å². The molecule has 180 valence electrons. The Morgan fingerprint density at radius 3 is 2.53 bits per heavy atom. The van der Waals surface area contributed by atoms with Gasteiger partial charge in [0, 0.05) is 55.2 Å². The van der Waals surface area contributed by atoms with Gasteiger partial charge in [-0.3, -0.25) is 9.47 Å². The van der Waals surface area contributed by atoms with E-state index in [1.807, 2.05) is 48.5 Å². The summed E-state index contributed by atoms with van der Waals surface area (Å²) in [5.41, 5.74) is 12.6. The summed E-state index contributed by atoms with van der Waals surface area (Å²) in [6.07, 6.45) is 1.69. The van der Waals surface area contributed by atoms with Gasteiger partial charge >= 0.3 is 0 Å². The van der Waals surface area contributed by atoms with Gasteiger partial charge in [0.05, 0.1) is 11.3 Å². The van der Waals surface area contributed by atoms with E-state index in [-0.39, 0.29) is 0 Å². The number of rotatable bonds is 5. The number of nitrogens with two attached hydrogens (primary N) is 1. The van der Waals surface area contributed by atoms with Gasteiger partial charge in [0.2, 0.25) is 0 Å². The lowest BCUT2D eigenvalue weighted by molar-refractivity contribution is 0.233. The molecule has 1 aliphatic heterocycles. The lowest BCUT2D eigenvalue weighted by atomic mass is 10.1. The van der Waals surface area contributed by atoms with Crippen molar-refractivity contribution in [1.82, 2.24) is 29.7 Å². The van der Waals surface area contributed by atoms with Crippen LogP contribution in [0.5, 0.6) is 0 Å². The second kappa shape index (κ2) is 9.70. The molecule has 0 atom stereocenters. The average molecular weight is 496 g/mol. The Hall–Kier alpha value is -3.78. The molecule has 5 aromatic rings. The highest BCUT2D eigenvalue weighted by Gasteiger charge is 2.19. The zero-order valence-electron chi connectivity index (χ0n) is 19.7. The largest absolute Gasteiger partial charge is 0.383 e. The summed E-state index contributed by atoms with van der Waals surface area (Å²) in [6, 6.07) is 24.1. The molecule has 0 bridgehead atoms. The molecule has 8 heteroatoms. The Morgan fingerprint density at radius 1 is 0.917 bits per heavy atom. The molecule has 0 amide bonds. The lowest BCUT2D eigenvalue weighted by Crippen LogP contribution is -2.42. The molecule has 0 spiro atoms. The highest BCUT2D eigenvalue weighted by Crippen LogP contribution is 2.32. The van der Waals surface area contributed by atoms with Crippen LogP contribution in [0.25, 0.3) is 39.5 Å². The number of hydrogen-bond donors (Lipinski definition) is 2. The second-order valence-corrected chi connectivity index (χ2v) is 9.39. The molecular formula is C28H26ClN7. The highest BCUT2D eigenvalue weighted by molar-refractivity contribution is 6.30. The molecule has 7 nitrogen and oxygen atoms in total. The summed E-state index contributed by atoms with van der Waals surface area (Å²) in [7, 11) is 0. The van der Waals surface area contributed by atoms with Crippen molar-refractivity contribution in [2.45, 2.75) is 6.54 Å². The Balaban J connectivity index is 1.47. The van der Waals surface area contributed by atoms with Crippen LogP contribution < -0.4 is 11.1 Å². The molecule has 2 aromatic carbocycles. The summed E-state index contributed by atoms with van der Waals surface area (Å²) in [6.45, 7) is 5.14. The molecule has 6 rings (SSSR count). The minimum atomic E-state index is 0.430. The highest BCUT2D eigenvalue weighted by atomic mass is 35.5. The molecule has 1 saturated heterocycles. The van der Waals surface area contributed by atoms with Crippen LogP contribution in [0.4, 0.5) is 5.82 Å². The normalized spacial score (nSPS) is 14.4. The van der Waals surface area contributed by atoms with Crippen LogP contribution in [-0.2, 0) is 6.54 Å². The van der Waals surface area contributed by atoms with Crippen molar-refractivity contribution in [2.24, 2.45) is 0 Å². The van der Waals surface area contributed by atoms with Crippen LogP contribution in [0.1, 0.15) is 5.56 Å². The number of halogens is 1. The maximum Gasteiger partial charge on any atom is 0.165 e. The first kappa shape index (κ1) is 22.7. The van der Waals surface area contributed by atoms with Gasteiger partial charge in [0.15, 0.2) is 11.5 Å². The van der Waals surface area contributed by atoms with E-state index in [0.717, 1.165) is 66.4 Å². The van der Waals surface area contributed by atoms with Gasteiger partial charge in [-0.15, -0.1) is 0 Å². The third-order valence-corrected chi connectivity index (χ3v) is 6.75. The fourth-order valence-electron chi connectivity index (χ4n) is 4.68. The number of nitrogens with one attached hydrogen (secondary N) is 1. The van der Waals surface area contributed by atoms with E-state index in [0.29, 0.717) is 16.7 Å². The summed E-state index contributed by atoms with van der Waals surface area (Å²) >= 11 is 6.25. The molecule has 1 fully saturated rings. The van der Waals surface area contributed by atoms with Crippen molar-refractivity contribution in [3.8, 4) is 28.3 Å². The summed E-state index contributed by atoms with van der Waals surface area (Å²) in [4.78, 5) is 16.7. The van der Waals surface area contributed by atoms with Crippen molar-refractivity contribution < 1.29 is 0 Å². The van der Waals surface area contributed by atoms with E-state index in [4.69, 9.17) is 27.3 Å². The predicted molar refractivity (Wildman–Crippen MR) is 145 cm³/mol. The lowest BCUT2D eigenvalue weighted by Gasteiger charge is -2.27. The molecule has 36 heavy (non-hydrogen) atoms. The van der Waals surface area contributed by atoms with Crippen molar-refractivity contribution in [2.75, 3.05) is 31.9 Å². The molecule has 0 radical (unpaired) electrons. The van der Waals surface area contributed by atoms with Gasteiger partial charge in [0.25, 0.3) is 0 Å².